The number of hydrogen-bond acceptors (Lipinski definition) is 4. The van der Waals surface area contributed by atoms with E-state index in [-0.39, 0.29) is 6.10 Å². The van der Waals surface area contributed by atoms with E-state index >= 15 is 0 Å². The molecular weight excluding hydrogens is 252 g/mol. The lowest BCUT2D eigenvalue weighted by Gasteiger charge is -2.44. The SMILES string of the molecule is CCC1CC(C)C1C1=NOCC(CN2CCCCC2)O1. The van der Waals surface area contributed by atoms with Crippen molar-refractivity contribution < 1.29 is 9.57 Å². The van der Waals surface area contributed by atoms with E-state index < -0.39 is 0 Å². The second kappa shape index (κ2) is 6.33. The van der Waals surface area contributed by atoms with Gasteiger partial charge in [0.05, 0.1) is 0 Å². The fourth-order valence-electron chi connectivity index (χ4n) is 3.97. The highest BCUT2D eigenvalue weighted by Gasteiger charge is 2.43. The van der Waals surface area contributed by atoms with E-state index in [0.29, 0.717) is 18.4 Å². The van der Waals surface area contributed by atoms with Gasteiger partial charge in [0, 0.05) is 12.5 Å². The van der Waals surface area contributed by atoms with Gasteiger partial charge in [-0.3, -0.25) is 4.90 Å². The van der Waals surface area contributed by atoms with Crippen LogP contribution in [0.5, 0.6) is 0 Å². The molecule has 4 heteroatoms. The maximum Gasteiger partial charge on any atom is 0.229 e. The Morgan fingerprint density at radius 2 is 2.05 bits per heavy atom. The van der Waals surface area contributed by atoms with Crippen molar-refractivity contribution in [3.8, 4) is 0 Å². The minimum Gasteiger partial charge on any atom is -0.470 e. The van der Waals surface area contributed by atoms with Crippen molar-refractivity contribution in [3.05, 3.63) is 0 Å². The van der Waals surface area contributed by atoms with E-state index in [0.717, 1.165) is 18.4 Å². The molecule has 1 saturated heterocycles. The molecule has 4 atom stereocenters. The molecular formula is C16H28N2O2. The molecule has 2 aliphatic heterocycles. The Morgan fingerprint density at radius 1 is 1.25 bits per heavy atom. The van der Waals surface area contributed by atoms with Gasteiger partial charge in [0.15, 0.2) is 6.61 Å². The molecule has 0 radical (unpaired) electrons. The minimum absolute atomic E-state index is 0.172. The molecule has 0 aromatic carbocycles. The molecule has 0 N–H and O–H groups in total. The molecule has 0 aromatic rings. The largest absolute Gasteiger partial charge is 0.470 e. The molecule has 4 unspecified atom stereocenters. The number of likely N-dealkylation sites (tertiary alicyclic amines) is 1. The Hall–Kier alpha value is -0.770. The van der Waals surface area contributed by atoms with E-state index in [4.69, 9.17) is 9.57 Å². The van der Waals surface area contributed by atoms with Crippen molar-refractivity contribution >= 4 is 5.90 Å². The summed E-state index contributed by atoms with van der Waals surface area (Å²) in [7, 11) is 0. The highest BCUT2D eigenvalue weighted by molar-refractivity contribution is 5.80. The van der Waals surface area contributed by atoms with Gasteiger partial charge in [-0.15, -0.1) is 0 Å². The van der Waals surface area contributed by atoms with Crippen LogP contribution in [0.4, 0.5) is 0 Å². The van der Waals surface area contributed by atoms with Crippen LogP contribution >= 0.6 is 0 Å². The number of oxime groups is 1. The van der Waals surface area contributed by atoms with Crippen LogP contribution in [-0.2, 0) is 9.57 Å². The molecule has 20 heavy (non-hydrogen) atoms. The molecule has 0 spiro atoms. The predicted octanol–water partition coefficient (Wildman–Crippen LogP) is 2.88. The van der Waals surface area contributed by atoms with Crippen molar-refractivity contribution in [1.82, 2.24) is 4.90 Å². The molecule has 1 aliphatic carbocycles. The van der Waals surface area contributed by atoms with E-state index in [9.17, 15) is 0 Å². The monoisotopic (exact) mass is 280 g/mol. The lowest BCUT2D eigenvalue weighted by molar-refractivity contribution is -0.0292. The van der Waals surface area contributed by atoms with Crippen LogP contribution in [-0.4, -0.2) is 43.1 Å². The van der Waals surface area contributed by atoms with Crippen LogP contribution in [0.2, 0.25) is 0 Å². The number of nitrogens with zero attached hydrogens (tertiary/aromatic N) is 2. The average molecular weight is 280 g/mol. The number of hydrogen-bond donors (Lipinski definition) is 0. The van der Waals surface area contributed by atoms with Crippen molar-refractivity contribution in [2.75, 3.05) is 26.2 Å². The Bertz CT molecular complexity index is 352. The summed E-state index contributed by atoms with van der Waals surface area (Å²) < 4.78 is 6.18. The van der Waals surface area contributed by atoms with Gasteiger partial charge in [-0.05, 0) is 44.2 Å². The summed E-state index contributed by atoms with van der Waals surface area (Å²) in [6, 6.07) is 0. The highest BCUT2D eigenvalue weighted by atomic mass is 16.7. The molecule has 0 aromatic heterocycles. The molecule has 4 nitrogen and oxygen atoms in total. The van der Waals surface area contributed by atoms with Gasteiger partial charge in [-0.2, -0.15) is 0 Å². The quantitative estimate of drug-likeness (QED) is 0.794. The van der Waals surface area contributed by atoms with Crippen molar-refractivity contribution in [2.45, 2.75) is 52.1 Å². The smallest absolute Gasteiger partial charge is 0.229 e. The topological polar surface area (TPSA) is 34.1 Å². The van der Waals surface area contributed by atoms with E-state index in [1.165, 1.54) is 45.2 Å². The first-order valence-electron chi connectivity index (χ1n) is 8.36. The molecule has 3 aliphatic rings. The lowest BCUT2D eigenvalue weighted by atomic mass is 9.64. The maximum atomic E-state index is 6.18. The fourth-order valence-corrected chi connectivity index (χ4v) is 3.97. The molecule has 1 saturated carbocycles. The van der Waals surface area contributed by atoms with Crippen molar-refractivity contribution in [1.29, 1.82) is 0 Å². The van der Waals surface area contributed by atoms with Crippen LogP contribution in [0.1, 0.15) is 46.0 Å². The summed E-state index contributed by atoms with van der Waals surface area (Å²) in [5.74, 6) is 2.80. The van der Waals surface area contributed by atoms with Gasteiger partial charge in [0.2, 0.25) is 5.90 Å². The Balaban J connectivity index is 1.54. The van der Waals surface area contributed by atoms with Crippen molar-refractivity contribution in [2.24, 2.45) is 22.9 Å². The number of ether oxygens (including phenoxy) is 1. The van der Waals surface area contributed by atoms with Gasteiger partial charge in [-0.25, -0.2) is 0 Å². The maximum absolute atomic E-state index is 6.18. The summed E-state index contributed by atoms with van der Waals surface area (Å²) in [4.78, 5) is 7.99. The molecule has 0 amide bonds. The minimum atomic E-state index is 0.172. The first kappa shape index (κ1) is 14.2. The summed E-state index contributed by atoms with van der Waals surface area (Å²) in [6.45, 7) is 8.60. The van der Waals surface area contributed by atoms with Crippen molar-refractivity contribution in [3.63, 3.8) is 0 Å². The molecule has 2 fully saturated rings. The van der Waals surface area contributed by atoms with E-state index in [1.807, 2.05) is 0 Å². The normalized spacial score (nSPS) is 38.4. The Morgan fingerprint density at radius 3 is 2.75 bits per heavy atom. The van der Waals surface area contributed by atoms with E-state index in [1.54, 1.807) is 0 Å². The summed E-state index contributed by atoms with van der Waals surface area (Å²) in [5, 5.41) is 4.22. The third-order valence-corrected chi connectivity index (χ3v) is 5.22. The summed E-state index contributed by atoms with van der Waals surface area (Å²) >= 11 is 0. The van der Waals surface area contributed by atoms with Crippen LogP contribution in [0.25, 0.3) is 0 Å². The zero-order valence-corrected chi connectivity index (χ0v) is 12.9. The van der Waals surface area contributed by atoms with Crippen LogP contribution in [0.3, 0.4) is 0 Å². The zero-order valence-electron chi connectivity index (χ0n) is 12.9. The van der Waals surface area contributed by atoms with Crippen LogP contribution < -0.4 is 0 Å². The van der Waals surface area contributed by atoms with Crippen LogP contribution in [0.15, 0.2) is 5.16 Å². The standard InChI is InChI=1S/C16H28N2O2/c1-3-13-9-12(2)15(13)16-17-19-11-14(20-16)10-18-7-5-4-6-8-18/h12-15H,3-11H2,1-2H3. The first-order valence-corrected chi connectivity index (χ1v) is 8.36. The van der Waals surface area contributed by atoms with Gasteiger partial charge in [0.1, 0.15) is 6.10 Å². The van der Waals surface area contributed by atoms with Gasteiger partial charge < -0.3 is 9.57 Å². The van der Waals surface area contributed by atoms with E-state index in [2.05, 4.69) is 23.9 Å². The van der Waals surface area contributed by atoms with Gasteiger partial charge >= 0.3 is 0 Å². The van der Waals surface area contributed by atoms with Crippen LogP contribution in [0, 0.1) is 17.8 Å². The molecule has 114 valence electrons. The zero-order chi connectivity index (χ0) is 13.9. The Labute approximate surface area is 122 Å². The average Bonchev–Trinajstić information content (AvgIpc) is 2.46. The Kier molecular flexibility index (Phi) is 4.49. The second-order valence-electron chi connectivity index (χ2n) is 6.73. The number of piperidine rings is 1. The first-order chi connectivity index (χ1) is 9.78. The summed E-state index contributed by atoms with van der Waals surface area (Å²) in [5.41, 5.74) is 0. The van der Waals surface area contributed by atoms with Gasteiger partial charge in [0.25, 0.3) is 0 Å². The molecule has 3 rings (SSSR count). The number of rotatable bonds is 4. The summed E-state index contributed by atoms with van der Waals surface area (Å²) in [6.07, 6.45) is 6.72. The lowest BCUT2D eigenvalue weighted by Crippen LogP contribution is -2.47. The second-order valence-corrected chi connectivity index (χ2v) is 6.73. The third-order valence-electron chi connectivity index (χ3n) is 5.22. The predicted molar refractivity (Wildman–Crippen MR) is 79.6 cm³/mol. The van der Waals surface area contributed by atoms with Gasteiger partial charge in [-0.1, -0.05) is 31.8 Å². The molecule has 2 heterocycles. The molecule has 0 bridgehead atoms. The third kappa shape index (κ3) is 2.95. The highest BCUT2D eigenvalue weighted by Crippen LogP contribution is 2.43. The fraction of sp³-hybridized carbons (Fsp3) is 0.938.